The molecule has 10 nitrogen and oxygen atoms in total. The number of anilines is 3. The van der Waals surface area contributed by atoms with Crippen molar-refractivity contribution >= 4 is 23.2 Å². The third-order valence-electron chi connectivity index (χ3n) is 6.40. The van der Waals surface area contributed by atoms with Gasteiger partial charge in [-0.25, -0.2) is 4.68 Å². The summed E-state index contributed by atoms with van der Waals surface area (Å²) in [6.07, 6.45) is 0. The molecule has 0 N–H and O–H groups in total. The lowest BCUT2D eigenvalue weighted by atomic mass is 10.2. The number of hydrogen-bond acceptors (Lipinski definition) is 7. The number of carbonyl (C=O) groups is 1. The predicted octanol–water partition coefficient (Wildman–Crippen LogP) is 1.30. The van der Waals surface area contributed by atoms with Gasteiger partial charge in [-0.1, -0.05) is 18.2 Å². The van der Waals surface area contributed by atoms with Crippen LogP contribution in [0, 0.1) is 0 Å². The standard InChI is InChI=1S/C25H28N6O4/c1-2-35-21-10-8-20(9-11-21)29-16-17-30-23(33)24(34)31(26-25(29)30)18-22(32)28-14-12-27(13-15-28)19-6-4-3-5-7-19/h3-11H,2,12-18H2,1H3. The highest BCUT2D eigenvalue weighted by Crippen LogP contribution is 2.28. The van der Waals surface area contributed by atoms with E-state index in [0.717, 1.165) is 21.8 Å². The van der Waals surface area contributed by atoms with Gasteiger partial charge in [-0.2, -0.15) is 0 Å². The molecule has 1 aromatic heterocycles. The predicted molar refractivity (Wildman–Crippen MR) is 133 cm³/mol. The Bertz CT molecular complexity index is 1310. The van der Waals surface area contributed by atoms with Crippen LogP contribution < -0.4 is 25.7 Å². The number of amides is 1. The number of hydrogen-bond donors (Lipinski definition) is 0. The molecule has 182 valence electrons. The quantitative estimate of drug-likeness (QED) is 0.495. The van der Waals surface area contributed by atoms with Crippen molar-refractivity contribution in [2.75, 3.05) is 49.1 Å². The highest BCUT2D eigenvalue weighted by molar-refractivity contribution is 5.76. The smallest absolute Gasteiger partial charge is 0.333 e. The van der Waals surface area contributed by atoms with Gasteiger partial charge < -0.3 is 19.4 Å². The zero-order valence-electron chi connectivity index (χ0n) is 19.7. The summed E-state index contributed by atoms with van der Waals surface area (Å²) < 4.78 is 7.88. The molecule has 2 aromatic carbocycles. The molecule has 0 spiro atoms. The average molecular weight is 477 g/mol. The van der Waals surface area contributed by atoms with Gasteiger partial charge in [0.2, 0.25) is 11.9 Å². The van der Waals surface area contributed by atoms with E-state index in [-0.39, 0.29) is 12.5 Å². The van der Waals surface area contributed by atoms with E-state index in [9.17, 15) is 14.4 Å². The molecule has 0 saturated carbocycles. The summed E-state index contributed by atoms with van der Waals surface area (Å²) in [6, 6.07) is 17.6. The Morgan fingerprint density at radius 3 is 2.26 bits per heavy atom. The monoisotopic (exact) mass is 476 g/mol. The first-order valence-electron chi connectivity index (χ1n) is 11.9. The minimum atomic E-state index is -0.779. The second-order valence-electron chi connectivity index (χ2n) is 8.50. The Labute approximate surface area is 202 Å². The van der Waals surface area contributed by atoms with Crippen LogP contribution in [0.5, 0.6) is 5.75 Å². The molecule has 0 aliphatic carbocycles. The molecule has 2 aliphatic rings. The highest BCUT2D eigenvalue weighted by Gasteiger charge is 2.28. The normalized spacial score (nSPS) is 15.3. The van der Waals surface area contributed by atoms with Crippen molar-refractivity contribution in [3.05, 3.63) is 75.3 Å². The lowest BCUT2D eigenvalue weighted by molar-refractivity contribution is -0.132. The van der Waals surface area contributed by atoms with Crippen LogP contribution in [0.4, 0.5) is 17.3 Å². The van der Waals surface area contributed by atoms with E-state index in [1.54, 1.807) is 4.90 Å². The second kappa shape index (κ2) is 9.65. The zero-order chi connectivity index (χ0) is 24.4. The van der Waals surface area contributed by atoms with E-state index in [1.807, 2.05) is 54.3 Å². The Kier molecular flexibility index (Phi) is 6.26. The van der Waals surface area contributed by atoms with Crippen LogP contribution in [-0.4, -0.2) is 64.5 Å². The second-order valence-corrected chi connectivity index (χ2v) is 8.50. The number of para-hydroxylation sites is 1. The number of piperazine rings is 1. The van der Waals surface area contributed by atoms with Crippen LogP contribution in [0.2, 0.25) is 0 Å². The maximum Gasteiger partial charge on any atom is 0.333 e. The SMILES string of the molecule is CCOc1ccc(N2CCn3c2nn(CC(=O)N2CCN(c4ccccc4)CC2)c(=O)c3=O)cc1. The van der Waals surface area contributed by atoms with Crippen molar-refractivity contribution in [2.24, 2.45) is 0 Å². The van der Waals surface area contributed by atoms with Gasteiger partial charge >= 0.3 is 11.1 Å². The summed E-state index contributed by atoms with van der Waals surface area (Å²) in [5.41, 5.74) is 0.516. The van der Waals surface area contributed by atoms with E-state index in [2.05, 4.69) is 22.1 Å². The lowest BCUT2D eigenvalue weighted by Crippen LogP contribution is -2.51. The van der Waals surface area contributed by atoms with Crippen LogP contribution in [-0.2, 0) is 17.9 Å². The van der Waals surface area contributed by atoms with E-state index >= 15 is 0 Å². The van der Waals surface area contributed by atoms with Crippen molar-refractivity contribution in [3.8, 4) is 5.75 Å². The maximum absolute atomic E-state index is 13.0. The fourth-order valence-corrected chi connectivity index (χ4v) is 4.55. The van der Waals surface area contributed by atoms with Crippen molar-refractivity contribution in [1.82, 2.24) is 19.2 Å². The van der Waals surface area contributed by atoms with Gasteiger partial charge in [0.1, 0.15) is 12.3 Å². The number of benzene rings is 2. The molecular formula is C25H28N6O4. The van der Waals surface area contributed by atoms with Crippen molar-refractivity contribution < 1.29 is 9.53 Å². The van der Waals surface area contributed by atoms with Gasteiger partial charge in [0.15, 0.2) is 0 Å². The maximum atomic E-state index is 13.0. The van der Waals surface area contributed by atoms with Crippen molar-refractivity contribution in [3.63, 3.8) is 0 Å². The summed E-state index contributed by atoms with van der Waals surface area (Å²) in [5.74, 6) is 0.895. The number of rotatable bonds is 6. The van der Waals surface area contributed by atoms with Crippen molar-refractivity contribution in [1.29, 1.82) is 0 Å². The minimum absolute atomic E-state index is 0.220. The summed E-state index contributed by atoms with van der Waals surface area (Å²) in [7, 11) is 0. The van der Waals surface area contributed by atoms with E-state index in [4.69, 9.17) is 4.74 Å². The molecule has 2 aliphatic heterocycles. The molecule has 1 fully saturated rings. The molecule has 5 rings (SSSR count). The third-order valence-corrected chi connectivity index (χ3v) is 6.40. The zero-order valence-corrected chi connectivity index (χ0v) is 19.7. The number of fused-ring (bicyclic) bond motifs is 1. The molecule has 1 amide bonds. The molecule has 0 radical (unpaired) electrons. The fraction of sp³-hybridized carbons (Fsp3) is 0.360. The van der Waals surface area contributed by atoms with Gasteiger partial charge in [-0.15, -0.1) is 5.10 Å². The topological polar surface area (TPSA) is 92.9 Å². The van der Waals surface area contributed by atoms with Gasteiger partial charge in [0.05, 0.1) is 6.61 Å². The van der Waals surface area contributed by atoms with Gasteiger partial charge in [-0.05, 0) is 43.3 Å². The summed E-state index contributed by atoms with van der Waals surface area (Å²) in [4.78, 5) is 44.3. The van der Waals surface area contributed by atoms with Gasteiger partial charge in [-0.3, -0.25) is 19.0 Å². The number of nitrogens with zero attached hydrogens (tertiary/aromatic N) is 6. The Hall–Kier alpha value is -4.08. The Balaban J connectivity index is 1.32. The van der Waals surface area contributed by atoms with E-state index in [1.165, 1.54) is 4.57 Å². The third kappa shape index (κ3) is 4.51. The van der Waals surface area contributed by atoms with Gasteiger partial charge in [0, 0.05) is 50.6 Å². The first-order valence-corrected chi connectivity index (χ1v) is 11.9. The first-order chi connectivity index (χ1) is 17.0. The van der Waals surface area contributed by atoms with Crippen LogP contribution in [0.15, 0.2) is 64.2 Å². The molecule has 3 heterocycles. The van der Waals surface area contributed by atoms with Crippen LogP contribution in [0.25, 0.3) is 0 Å². The molecule has 0 bridgehead atoms. The average Bonchev–Trinajstić information content (AvgIpc) is 3.32. The number of carbonyl (C=O) groups excluding carboxylic acids is 1. The van der Waals surface area contributed by atoms with Gasteiger partial charge in [0.25, 0.3) is 0 Å². The molecule has 35 heavy (non-hydrogen) atoms. The first kappa shape index (κ1) is 22.7. The fourth-order valence-electron chi connectivity index (χ4n) is 4.55. The molecule has 0 unspecified atom stereocenters. The Morgan fingerprint density at radius 1 is 0.857 bits per heavy atom. The number of ether oxygens (including phenoxy) is 1. The molecule has 1 saturated heterocycles. The van der Waals surface area contributed by atoms with Crippen LogP contribution in [0.3, 0.4) is 0 Å². The molecule has 3 aromatic rings. The summed E-state index contributed by atoms with van der Waals surface area (Å²) in [6.45, 7) is 5.61. The molecule has 0 atom stereocenters. The summed E-state index contributed by atoms with van der Waals surface area (Å²) in [5, 5.41) is 4.43. The Morgan fingerprint density at radius 2 is 1.57 bits per heavy atom. The molecule has 10 heteroatoms. The lowest BCUT2D eigenvalue weighted by Gasteiger charge is -2.36. The molecular weight excluding hydrogens is 448 g/mol. The van der Waals surface area contributed by atoms with E-state index in [0.29, 0.717) is 51.8 Å². The van der Waals surface area contributed by atoms with Crippen molar-refractivity contribution in [2.45, 2.75) is 20.0 Å². The van der Waals surface area contributed by atoms with E-state index < -0.39 is 11.1 Å². The minimum Gasteiger partial charge on any atom is -0.494 e. The van der Waals surface area contributed by atoms with Crippen LogP contribution >= 0.6 is 0 Å². The number of aromatic nitrogens is 3. The summed E-state index contributed by atoms with van der Waals surface area (Å²) >= 11 is 0. The largest absolute Gasteiger partial charge is 0.494 e. The van der Waals surface area contributed by atoms with Crippen LogP contribution in [0.1, 0.15) is 6.92 Å². The highest BCUT2D eigenvalue weighted by atomic mass is 16.5.